The van der Waals surface area contributed by atoms with Crippen molar-refractivity contribution in [2.45, 2.75) is 33.6 Å². The van der Waals surface area contributed by atoms with Crippen LogP contribution in [0.5, 0.6) is 0 Å². The second kappa shape index (κ2) is 6.24. The summed E-state index contributed by atoms with van der Waals surface area (Å²) >= 11 is 0. The monoisotopic (exact) mass is 169 g/mol. The Hall–Kier alpha value is -0.300. The lowest BCUT2D eigenvalue weighted by atomic mass is 10.0. The quantitative estimate of drug-likeness (QED) is 0.553. The second-order valence-electron chi connectivity index (χ2n) is 3.87. The van der Waals surface area contributed by atoms with Gasteiger partial charge < -0.3 is 4.90 Å². The second-order valence-corrected chi connectivity index (χ2v) is 3.87. The van der Waals surface area contributed by atoms with Crippen LogP contribution in [0.2, 0.25) is 0 Å². The Kier molecular flexibility index (Phi) is 6.09. The van der Waals surface area contributed by atoms with Crippen LogP contribution in [-0.4, -0.2) is 25.0 Å². The molecule has 72 valence electrons. The first-order chi connectivity index (χ1) is 5.57. The van der Waals surface area contributed by atoms with Crippen molar-refractivity contribution >= 4 is 0 Å². The molecule has 12 heavy (non-hydrogen) atoms. The first kappa shape index (κ1) is 11.7. The van der Waals surface area contributed by atoms with Gasteiger partial charge in [0.05, 0.1) is 0 Å². The lowest BCUT2D eigenvalue weighted by Gasteiger charge is -2.17. The Balaban J connectivity index is 3.47. The Bertz CT molecular complexity index is 127. The van der Waals surface area contributed by atoms with Gasteiger partial charge in [0.1, 0.15) is 0 Å². The molecule has 0 heterocycles. The van der Waals surface area contributed by atoms with Crippen LogP contribution in [0.1, 0.15) is 33.6 Å². The van der Waals surface area contributed by atoms with E-state index in [0.717, 1.165) is 13.0 Å². The first-order valence-corrected chi connectivity index (χ1v) is 4.94. The van der Waals surface area contributed by atoms with E-state index in [4.69, 9.17) is 0 Å². The van der Waals surface area contributed by atoms with Crippen molar-refractivity contribution in [3.8, 4) is 0 Å². The van der Waals surface area contributed by atoms with Crippen LogP contribution in [0, 0.1) is 5.92 Å². The highest BCUT2D eigenvalue weighted by atomic mass is 15.1. The summed E-state index contributed by atoms with van der Waals surface area (Å²) in [6, 6.07) is 0. The van der Waals surface area contributed by atoms with Gasteiger partial charge in [-0.1, -0.05) is 32.9 Å². The van der Waals surface area contributed by atoms with Gasteiger partial charge in [-0.25, -0.2) is 0 Å². The number of hydrogen-bond acceptors (Lipinski definition) is 1. The maximum Gasteiger partial charge on any atom is 0.00155 e. The van der Waals surface area contributed by atoms with E-state index in [-0.39, 0.29) is 0 Å². The fraction of sp³-hybridized carbons (Fsp3) is 0.818. The van der Waals surface area contributed by atoms with E-state index >= 15 is 0 Å². The fourth-order valence-electron chi connectivity index (χ4n) is 1.12. The van der Waals surface area contributed by atoms with Crippen LogP contribution in [0.25, 0.3) is 0 Å². The molecule has 0 aromatic heterocycles. The molecule has 0 aliphatic rings. The van der Waals surface area contributed by atoms with Gasteiger partial charge in [-0.2, -0.15) is 0 Å². The van der Waals surface area contributed by atoms with Gasteiger partial charge in [-0.15, -0.1) is 0 Å². The van der Waals surface area contributed by atoms with Crippen molar-refractivity contribution < 1.29 is 0 Å². The minimum absolute atomic E-state index is 0.639. The third-order valence-electron chi connectivity index (χ3n) is 2.24. The lowest BCUT2D eigenvalue weighted by molar-refractivity contribution is 0.335. The topological polar surface area (TPSA) is 3.24 Å². The molecule has 1 nitrogen and oxygen atoms in total. The summed E-state index contributed by atoms with van der Waals surface area (Å²) in [4.78, 5) is 2.37. The van der Waals surface area contributed by atoms with E-state index in [1.54, 1.807) is 0 Å². The van der Waals surface area contributed by atoms with E-state index in [1.807, 2.05) is 0 Å². The van der Waals surface area contributed by atoms with Crippen LogP contribution < -0.4 is 0 Å². The van der Waals surface area contributed by atoms with Crippen LogP contribution in [-0.2, 0) is 0 Å². The molecule has 0 N–H and O–H groups in total. The molecule has 0 aromatic rings. The van der Waals surface area contributed by atoms with Gasteiger partial charge in [0, 0.05) is 6.54 Å². The molecule has 0 aliphatic carbocycles. The molecule has 0 amide bonds. The summed E-state index contributed by atoms with van der Waals surface area (Å²) in [5.74, 6) is 0.639. The molecule has 0 bridgehead atoms. The van der Waals surface area contributed by atoms with Gasteiger partial charge >= 0.3 is 0 Å². The minimum Gasteiger partial charge on any atom is -0.306 e. The largest absolute Gasteiger partial charge is 0.306 e. The standard InChI is InChI=1S/C11H23N/c1-6-8-12(5)9-7-11(4)10(2)3/h10H,4,6-9H2,1-3,5H3. The number of rotatable bonds is 6. The summed E-state index contributed by atoms with van der Waals surface area (Å²) < 4.78 is 0. The normalized spacial score (nSPS) is 11.2. The van der Waals surface area contributed by atoms with Crippen LogP contribution in [0.15, 0.2) is 12.2 Å². The maximum absolute atomic E-state index is 4.06. The predicted molar refractivity (Wildman–Crippen MR) is 56.4 cm³/mol. The molecular weight excluding hydrogens is 146 g/mol. The Morgan fingerprint density at radius 2 is 1.92 bits per heavy atom. The first-order valence-electron chi connectivity index (χ1n) is 4.94. The summed E-state index contributed by atoms with van der Waals surface area (Å²) in [7, 11) is 2.18. The molecule has 0 atom stereocenters. The Morgan fingerprint density at radius 1 is 1.33 bits per heavy atom. The van der Waals surface area contributed by atoms with Gasteiger partial charge in [-0.3, -0.25) is 0 Å². The molecule has 0 aromatic carbocycles. The third-order valence-corrected chi connectivity index (χ3v) is 2.24. The zero-order valence-corrected chi connectivity index (χ0v) is 9.06. The van der Waals surface area contributed by atoms with Crippen molar-refractivity contribution in [3.63, 3.8) is 0 Å². The van der Waals surface area contributed by atoms with Crippen LogP contribution in [0.4, 0.5) is 0 Å². The van der Waals surface area contributed by atoms with Gasteiger partial charge in [0.2, 0.25) is 0 Å². The van der Waals surface area contributed by atoms with Crippen molar-refractivity contribution in [1.82, 2.24) is 4.90 Å². The van der Waals surface area contributed by atoms with Crippen molar-refractivity contribution in [2.24, 2.45) is 5.92 Å². The summed E-state index contributed by atoms with van der Waals surface area (Å²) in [6.45, 7) is 13.1. The molecule has 0 rings (SSSR count). The van der Waals surface area contributed by atoms with E-state index in [1.165, 1.54) is 18.5 Å². The summed E-state index contributed by atoms with van der Waals surface area (Å²) in [5.41, 5.74) is 1.37. The van der Waals surface area contributed by atoms with Gasteiger partial charge in [0.15, 0.2) is 0 Å². The van der Waals surface area contributed by atoms with Crippen molar-refractivity contribution in [3.05, 3.63) is 12.2 Å². The van der Waals surface area contributed by atoms with Crippen molar-refractivity contribution in [1.29, 1.82) is 0 Å². The van der Waals surface area contributed by atoms with E-state index in [0.29, 0.717) is 5.92 Å². The zero-order chi connectivity index (χ0) is 9.56. The van der Waals surface area contributed by atoms with E-state index in [9.17, 15) is 0 Å². The molecule has 1 heteroatoms. The Labute approximate surface area is 77.5 Å². The van der Waals surface area contributed by atoms with Crippen molar-refractivity contribution in [2.75, 3.05) is 20.1 Å². The molecule has 0 saturated carbocycles. The minimum atomic E-state index is 0.639. The number of nitrogens with zero attached hydrogens (tertiary/aromatic N) is 1. The molecule has 0 radical (unpaired) electrons. The smallest absolute Gasteiger partial charge is 0.00155 e. The highest BCUT2D eigenvalue weighted by molar-refractivity contribution is 4.97. The highest BCUT2D eigenvalue weighted by Crippen LogP contribution is 2.11. The SMILES string of the molecule is C=C(CCN(C)CCC)C(C)C. The summed E-state index contributed by atoms with van der Waals surface area (Å²) in [6.07, 6.45) is 2.39. The average molecular weight is 169 g/mol. The fourth-order valence-corrected chi connectivity index (χ4v) is 1.12. The molecule has 0 unspecified atom stereocenters. The highest BCUT2D eigenvalue weighted by Gasteiger charge is 2.01. The Morgan fingerprint density at radius 3 is 2.33 bits per heavy atom. The van der Waals surface area contributed by atoms with Gasteiger partial charge in [0.25, 0.3) is 0 Å². The zero-order valence-electron chi connectivity index (χ0n) is 9.06. The van der Waals surface area contributed by atoms with E-state index < -0.39 is 0 Å². The van der Waals surface area contributed by atoms with E-state index in [2.05, 4.69) is 39.3 Å². The number of hydrogen-bond donors (Lipinski definition) is 0. The lowest BCUT2D eigenvalue weighted by Crippen LogP contribution is -2.21. The molecule has 0 fully saturated rings. The molecule has 0 aliphatic heterocycles. The predicted octanol–water partition coefficient (Wildman–Crippen LogP) is 2.93. The van der Waals surface area contributed by atoms with Crippen LogP contribution >= 0.6 is 0 Å². The van der Waals surface area contributed by atoms with Gasteiger partial charge in [-0.05, 0) is 32.4 Å². The molecular formula is C11H23N. The molecule has 0 saturated heterocycles. The molecule has 0 spiro atoms. The average Bonchev–Trinajstić information content (AvgIpc) is 2.00. The maximum atomic E-state index is 4.06. The summed E-state index contributed by atoms with van der Waals surface area (Å²) in [5, 5.41) is 0. The third kappa shape index (κ3) is 5.36. The van der Waals surface area contributed by atoms with Crippen LogP contribution in [0.3, 0.4) is 0 Å².